The molecule has 0 atom stereocenters. The first-order valence-corrected chi connectivity index (χ1v) is 12.7. The first kappa shape index (κ1) is 23.0. The number of aryl methyl sites for hydroxylation is 1. The molecule has 0 fully saturated rings. The summed E-state index contributed by atoms with van der Waals surface area (Å²) in [5.41, 5.74) is 1.53. The molecular weight excluding hydrogens is 456 g/mol. The van der Waals surface area contributed by atoms with Gasteiger partial charge in [-0.2, -0.15) is 0 Å². The average Bonchev–Trinajstić information content (AvgIpc) is 3.27. The minimum Gasteiger partial charge on any atom is -0.325 e. The van der Waals surface area contributed by atoms with Crippen LogP contribution in [0.3, 0.4) is 0 Å². The molecule has 7 nitrogen and oxygen atoms in total. The molecule has 0 radical (unpaired) electrons. The van der Waals surface area contributed by atoms with Crippen LogP contribution in [-0.4, -0.2) is 26.3 Å². The Bertz CT molecular complexity index is 1390. The van der Waals surface area contributed by atoms with Crippen molar-refractivity contribution in [1.82, 2.24) is 14.1 Å². The van der Waals surface area contributed by atoms with Crippen LogP contribution in [0, 0.1) is 0 Å². The Kier molecular flexibility index (Phi) is 7.10. The van der Waals surface area contributed by atoms with Gasteiger partial charge in [0.25, 0.3) is 5.56 Å². The van der Waals surface area contributed by atoms with Gasteiger partial charge in [-0.1, -0.05) is 55.4 Å². The largest absolute Gasteiger partial charge is 0.337 e. The van der Waals surface area contributed by atoms with Crippen molar-refractivity contribution in [3.8, 4) is 5.69 Å². The quantitative estimate of drug-likeness (QED) is 0.380. The zero-order valence-electron chi connectivity index (χ0n) is 18.4. The molecule has 0 aliphatic rings. The number of carbonyl (C=O) groups excluding carboxylic acids is 1. The molecule has 170 valence electrons. The van der Waals surface area contributed by atoms with E-state index in [2.05, 4.69) is 17.2 Å². The maximum atomic E-state index is 13.3. The lowest BCUT2D eigenvalue weighted by molar-refractivity contribution is -0.116. The molecule has 0 bridgehead atoms. The van der Waals surface area contributed by atoms with Gasteiger partial charge in [0, 0.05) is 5.69 Å². The molecule has 0 saturated heterocycles. The highest BCUT2D eigenvalue weighted by Crippen LogP contribution is 2.25. The molecule has 4 rings (SSSR count). The number of rotatable bonds is 8. The fourth-order valence-electron chi connectivity index (χ4n) is 3.53. The Morgan fingerprint density at radius 2 is 1.82 bits per heavy atom. The van der Waals surface area contributed by atoms with Crippen molar-refractivity contribution in [3.05, 3.63) is 81.0 Å². The maximum absolute atomic E-state index is 13.3. The number of thiazole rings is 1. The van der Waals surface area contributed by atoms with E-state index in [1.165, 1.54) is 33.2 Å². The zero-order valence-corrected chi connectivity index (χ0v) is 20.0. The summed E-state index contributed by atoms with van der Waals surface area (Å²) in [6.45, 7) is 1.90. The van der Waals surface area contributed by atoms with E-state index >= 15 is 0 Å². The third-order valence-electron chi connectivity index (χ3n) is 5.21. The molecule has 0 aliphatic heterocycles. The molecule has 4 aromatic rings. The molecular formula is C24H24N4O3S2. The highest BCUT2D eigenvalue weighted by atomic mass is 32.2. The number of nitrogens with one attached hydrogen (secondary N) is 1. The molecule has 33 heavy (non-hydrogen) atoms. The Morgan fingerprint density at radius 1 is 1.09 bits per heavy atom. The van der Waals surface area contributed by atoms with Crippen LogP contribution in [0.15, 0.2) is 68.5 Å². The van der Waals surface area contributed by atoms with Crippen LogP contribution < -0.4 is 16.6 Å². The highest BCUT2D eigenvalue weighted by Gasteiger charge is 2.20. The van der Waals surface area contributed by atoms with Gasteiger partial charge < -0.3 is 5.32 Å². The summed E-state index contributed by atoms with van der Waals surface area (Å²) in [7, 11) is 0. The second kappa shape index (κ2) is 10.2. The number of hydrogen-bond donors (Lipinski definition) is 1. The lowest BCUT2D eigenvalue weighted by atomic mass is 10.1. The summed E-state index contributed by atoms with van der Waals surface area (Å²) in [4.78, 5) is 43.8. The number of nitrogens with zero attached hydrogens (tertiary/aromatic N) is 3. The summed E-state index contributed by atoms with van der Waals surface area (Å²) in [5, 5.41) is 2.84. The van der Waals surface area contributed by atoms with E-state index in [-0.39, 0.29) is 18.1 Å². The van der Waals surface area contributed by atoms with Gasteiger partial charge in [0.05, 0.1) is 5.69 Å². The first-order valence-electron chi connectivity index (χ1n) is 10.7. The monoisotopic (exact) mass is 480 g/mol. The average molecular weight is 481 g/mol. The minimum atomic E-state index is -0.596. The zero-order chi connectivity index (χ0) is 23.4. The van der Waals surface area contributed by atoms with Crippen molar-refractivity contribution >= 4 is 45.0 Å². The summed E-state index contributed by atoms with van der Waals surface area (Å²) >= 11 is 2.61. The van der Waals surface area contributed by atoms with E-state index in [4.69, 9.17) is 0 Å². The van der Waals surface area contributed by atoms with Gasteiger partial charge in [0.2, 0.25) is 5.91 Å². The van der Waals surface area contributed by atoms with Crippen molar-refractivity contribution in [2.24, 2.45) is 0 Å². The van der Waals surface area contributed by atoms with Crippen LogP contribution in [-0.2, 0) is 17.8 Å². The second-order valence-electron chi connectivity index (χ2n) is 7.53. The molecule has 0 saturated carbocycles. The fourth-order valence-corrected chi connectivity index (χ4v) is 5.02. The van der Waals surface area contributed by atoms with Gasteiger partial charge in [0.15, 0.2) is 9.99 Å². The van der Waals surface area contributed by atoms with Crippen molar-refractivity contribution in [3.63, 3.8) is 0 Å². The van der Waals surface area contributed by atoms with Crippen LogP contribution in [0.4, 0.5) is 5.69 Å². The number of fused-ring (bicyclic) bond motifs is 1. The van der Waals surface area contributed by atoms with E-state index in [1.807, 2.05) is 36.6 Å². The molecule has 1 N–H and O–H groups in total. The molecule has 2 heterocycles. The Labute approximate surface area is 199 Å². The predicted molar refractivity (Wildman–Crippen MR) is 135 cm³/mol. The third-order valence-corrected chi connectivity index (χ3v) is 7.23. The number of thioether (sulfide) groups is 1. The molecule has 1 amide bonds. The van der Waals surface area contributed by atoms with E-state index in [0.717, 1.165) is 23.8 Å². The van der Waals surface area contributed by atoms with E-state index in [9.17, 15) is 14.4 Å². The van der Waals surface area contributed by atoms with Crippen LogP contribution in [0.5, 0.6) is 0 Å². The summed E-state index contributed by atoms with van der Waals surface area (Å²) in [6, 6.07) is 16.4. The van der Waals surface area contributed by atoms with Gasteiger partial charge in [0.1, 0.15) is 11.2 Å². The van der Waals surface area contributed by atoms with Crippen LogP contribution in [0.1, 0.15) is 25.3 Å². The third kappa shape index (κ3) is 4.94. The number of carbonyl (C=O) groups is 1. The number of benzene rings is 2. The Hall–Kier alpha value is -3.17. The molecule has 9 heteroatoms. The second-order valence-corrected chi connectivity index (χ2v) is 9.58. The van der Waals surface area contributed by atoms with Crippen molar-refractivity contribution < 1.29 is 4.79 Å². The number of aromatic nitrogens is 3. The van der Waals surface area contributed by atoms with Gasteiger partial charge in [-0.15, -0.1) is 11.3 Å². The number of amides is 1. The minimum absolute atomic E-state index is 0.233. The lowest BCUT2D eigenvalue weighted by Crippen LogP contribution is -2.40. The first-order chi connectivity index (χ1) is 16.0. The number of hydrogen-bond acceptors (Lipinski definition) is 6. The van der Waals surface area contributed by atoms with Crippen molar-refractivity contribution in [2.75, 3.05) is 11.6 Å². The number of para-hydroxylation sites is 1. The van der Waals surface area contributed by atoms with E-state index in [1.54, 1.807) is 24.3 Å². The topological polar surface area (TPSA) is 86.0 Å². The molecule has 0 aliphatic carbocycles. The lowest BCUT2D eigenvalue weighted by Gasteiger charge is -2.12. The number of unbranched alkanes of at least 4 members (excludes halogenated alkanes) is 1. The van der Waals surface area contributed by atoms with Crippen LogP contribution >= 0.6 is 23.1 Å². The smallest absolute Gasteiger partial charge is 0.325 e. The number of anilines is 1. The maximum Gasteiger partial charge on any atom is 0.337 e. The highest BCUT2D eigenvalue weighted by molar-refractivity contribution is 8.00. The van der Waals surface area contributed by atoms with Crippen molar-refractivity contribution in [1.29, 1.82) is 0 Å². The van der Waals surface area contributed by atoms with Gasteiger partial charge >= 0.3 is 5.69 Å². The van der Waals surface area contributed by atoms with Gasteiger partial charge in [-0.25, -0.2) is 14.3 Å². The Morgan fingerprint density at radius 3 is 2.48 bits per heavy atom. The fraction of sp³-hybridized carbons (Fsp3) is 0.250. The van der Waals surface area contributed by atoms with Gasteiger partial charge in [-0.05, 0) is 48.9 Å². The Balaban J connectivity index is 1.69. The standard InChI is InChI=1S/C24H24N4O3S2/c1-3-4-8-16-11-13-17(14-12-16)25-19(29)15-27-21-20(33-23(26-21)32-2)22(30)28(24(27)31)18-9-6-5-7-10-18/h5-7,9-14H,3-4,8,15H2,1-2H3,(H,25,29). The molecule has 0 unspecified atom stereocenters. The van der Waals surface area contributed by atoms with E-state index < -0.39 is 11.2 Å². The molecule has 0 spiro atoms. The van der Waals surface area contributed by atoms with Crippen LogP contribution in [0.25, 0.3) is 16.0 Å². The summed E-state index contributed by atoms with van der Waals surface area (Å²) in [6.07, 6.45) is 5.10. The summed E-state index contributed by atoms with van der Waals surface area (Å²) in [5.74, 6) is -0.364. The van der Waals surface area contributed by atoms with E-state index in [0.29, 0.717) is 20.4 Å². The predicted octanol–water partition coefficient (Wildman–Crippen LogP) is 4.31. The molecule has 2 aromatic carbocycles. The SMILES string of the molecule is CCCCc1ccc(NC(=O)Cn2c(=O)n(-c3ccccc3)c(=O)c3sc(SC)nc32)cc1. The van der Waals surface area contributed by atoms with Gasteiger partial charge in [-0.3, -0.25) is 14.2 Å². The molecule has 2 aromatic heterocycles. The summed E-state index contributed by atoms with van der Waals surface area (Å²) < 4.78 is 3.37. The van der Waals surface area contributed by atoms with Crippen molar-refractivity contribution in [2.45, 2.75) is 37.1 Å². The van der Waals surface area contributed by atoms with Crippen LogP contribution in [0.2, 0.25) is 0 Å². The normalized spacial score (nSPS) is 11.1.